The van der Waals surface area contributed by atoms with E-state index in [1.54, 1.807) is 6.92 Å². The van der Waals surface area contributed by atoms with Gasteiger partial charge in [0.05, 0.1) is 11.3 Å². The summed E-state index contributed by atoms with van der Waals surface area (Å²) in [6.07, 6.45) is -3.72. The lowest BCUT2D eigenvalue weighted by molar-refractivity contribution is -0.137. The maximum Gasteiger partial charge on any atom is 0.416 e. The highest BCUT2D eigenvalue weighted by Crippen LogP contribution is 2.39. The van der Waals surface area contributed by atoms with Crippen molar-refractivity contribution in [3.05, 3.63) is 52.6 Å². The number of halogens is 3. The van der Waals surface area contributed by atoms with Gasteiger partial charge in [0, 0.05) is 0 Å². The van der Waals surface area contributed by atoms with E-state index in [9.17, 15) is 23.1 Å². The van der Waals surface area contributed by atoms with E-state index in [1.165, 1.54) is 6.07 Å². The van der Waals surface area contributed by atoms with Crippen LogP contribution in [-0.4, -0.2) is 11.1 Å². The number of aryl methyl sites for hydroxylation is 1. The topological polar surface area (TPSA) is 72.5 Å². The lowest BCUT2D eigenvalue weighted by Crippen LogP contribution is -2.17. The summed E-state index contributed by atoms with van der Waals surface area (Å²) in [6, 6.07) is 6.06. The summed E-state index contributed by atoms with van der Waals surface area (Å²) in [7, 11) is 0. The van der Waals surface area contributed by atoms with Crippen LogP contribution in [0.15, 0.2) is 30.3 Å². The number of hydrogen-bond donors (Lipinski definition) is 2. The number of anilines is 1. The summed E-state index contributed by atoms with van der Waals surface area (Å²) in [5, 5.41) is 9.59. The van der Waals surface area contributed by atoms with Crippen LogP contribution in [-0.2, 0) is 11.6 Å². The Labute approximate surface area is 155 Å². The number of nitrogen functional groups attached to an aromatic ring is 1. The second-order valence-electron chi connectivity index (χ2n) is 7.06. The highest BCUT2D eigenvalue weighted by Gasteiger charge is 2.31. The zero-order valence-electron chi connectivity index (χ0n) is 15.6. The predicted molar refractivity (Wildman–Crippen MR) is 97.4 cm³/mol. The van der Waals surface area contributed by atoms with Crippen molar-refractivity contribution in [2.45, 2.75) is 45.7 Å². The van der Waals surface area contributed by atoms with E-state index >= 15 is 0 Å². The molecule has 0 saturated carbocycles. The Morgan fingerprint density at radius 2 is 1.78 bits per heavy atom. The quantitative estimate of drug-likeness (QED) is 0.645. The second-order valence-corrected chi connectivity index (χ2v) is 7.06. The highest BCUT2D eigenvalue weighted by molar-refractivity contribution is 5.92. The molecule has 0 fully saturated rings. The number of aromatic carboxylic acids is 1. The third kappa shape index (κ3) is 4.35. The number of hydrogen-bond acceptors (Lipinski definition) is 3. The van der Waals surface area contributed by atoms with E-state index in [0.717, 1.165) is 30.2 Å². The lowest BCUT2D eigenvalue weighted by atomic mass is 9.80. The van der Waals surface area contributed by atoms with Crippen LogP contribution < -0.4 is 10.5 Å². The number of rotatable bonds is 5. The Balaban J connectivity index is 2.52. The van der Waals surface area contributed by atoms with E-state index in [1.807, 2.05) is 26.8 Å². The molecule has 0 atom stereocenters. The van der Waals surface area contributed by atoms with Gasteiger partial charge in [-0.15, -0.1) is 0 Å². The van der Waals surface area contributed by atoms with Crippen molar-refractivity contribution in [3.8, 4) is 11.5 Å². The van der Waals surface area contributed by atoms with E-state index in [0.29, 0.717) is 5.56 Å². The molecule has 0 radical (unpaired) electrons. The smallest absolute Gasteiger partial charge is 0.416 e. The van der Waals surface area contributed by atoms with Crippen molar-refractivity contribution in [2.75, 3.05) is 5.73 Å². The van der Waals surface area contributed by atoms with Crippen LogP contribution in [0.4, 0.5) is 18.9 Å². The van der Waals surface area contributed by atoms with Gasteiger partial charge in [0.15, 0.2) is 0 Å². The molecule has 0 amide bonds. The first kappa shape index (κ1) is 20.6. The average Bonchev–Trinajstić information content (AvgIpc) is 2.56. The third-order valence-electron chi connectivity index (χ3n) is 4.72. The predicted octanol–water partition coefficient (Wildman–Crippen LogP) is 5.77. The van der Waals surface area contributed by atoms with E-state index in [-0.39, 0.29) is 28.2 Å². The van der Waals surface area contributed by atoms with Crippen LogP contribution in [0.5, 0.6) is 11.5 Å². The summed E-state index contributed by atoms with van der Waals surface area (Å²) in [5.41, 5.74) is 5.67. The molecule has 0 spiro atoms. The minimum absolute atomic E-state index is 0.0314. The molecular weight excluding hydrogens is 359 g/mol. The molecular formula is C20H22F3NO3. The Morgan fingerprint density at radius 1 is 1.15 bits per heavy atom. The fourth-order valence-electron chi connectivity index (χ4n) is 2.59. The van der Waals surface area contributed by atoms with Gasteiger partial charge in [-0.25, -0.2) is 4.79 Å². The summed E-state index contributed by atoms with van der Waals surface area (Å²) in [6.45, 7) is 7.70. The summed E-state index contributed by atoms with van der Waals surface area (Å²) < 4.78 is 44.0. The molecule has 3 N–H and O–H groups in total. The summed E-state index contributed by atoms with van der Waals surface area (Å²) >= 11 is 0. The van der Waals surface area contributed by atoms with Crippen LogP contribution >= 0.6 is 0 Å². The minimum Gasteiger partial charge on any atom is -0.478 e. The maximum atomic E-state index is 12.8. The number of carboxylic acids is 1. The molecule has 4 nitrogen and oxygen atoms in total. The maximum absolute atomic E-state index is 12.8. The van der Waals surface area contributed by atoms with Crippen molar-refractivity contribution in [1.29, 1.82) is 0 Å². The molecule has 27 heavy (non-hydrogen) atoms. The summed E-state index contributed by atoms with van der Waals surface area (Å²) in [5.74, 6) is -1.16. The van der Waals surface area contributed by atoms with Gasteiger partial charge < -0.3 is 15.6 Å². The number of alkyl halides is 3. The largest absolute Gasteiger partial charge is 0.478 e. The second kappa shape index (κ2) is 7.13. The van der Waals surface area contributed by atoms with Crippen molar-refractivity contribution in [1.82, 2.24) is 0 Å². The summed E-state index contributed by atoms with van der Waals surface area (Å²) in [4.78, 5) is 11.7. The first-order chi connectivity index (χ1) is 12.4. The molecule has 2 rings (SSSR count). The molecule has 0 aliphatic rings. The molecule has 0 saturated heterocycles. The molecule has 146 valence electrons. The first-order valence-corrected chi connectivity index (χ1v) is 8.39. The first-order valence-electron chi connectivity index (χ1n) is 8.39. The molecule has 7 heteroatoms. The van der Waals surface area contributed by atoms with Gasteiger partial charge in [-0.2, -0.15) is 13.2 Å². The fourth-order valence-corrected chi connectivity index (χ4v) is 2.59. The molecule has 0 bridgehead atoms. The molecule has 0 heterocycles. The third-order valence-corrected chi connectivity index (χ3v) is 4.72. The molecule has 0 aliphatic carbocycles. The van der Waals surface area contributed by atoms with Crippen molar-refractivity contribution < 1.29 is 27.8 Å². The average molecular weight is 381 g/mol. The van der Waals surface area contributed by atoms with Gasteiger partial charge in [-0.05, 0) is 54.2 Å². The van der Waals surface area contributed by atoms with Crippen LogP contribution in [0.25, 0.3) is 0 Å². The van der Waals surface area contributed by atoms with E-state index in [2.05, 4.69) is 0 Å². The monoisotopic (exact) mass is 381 g/mol. The fraction of sp³-hybridized carbons (Fsp3) is 0.350. The number of benzene rings is 2. The van der Waals surface area contributed by atoms with Gasteiger partial charge in [0.1, 0.15) is 17.1 Å². The Morgan fingerprint density at radius 3 is 2.26 bits per heavy atom. The zero-order valence-corrected chi connectivity index (χ0v) is 15.6. The van der Waals surface area contributed by atoms with Gasteiger partial charge in [0.2, 0.25) is 0 Å². The van der Waals surface area contributed by atoms with Crippen LogP contribution in [0.1, 0.15) is 54.2 Å². The Kier molecular flexibility index (Phi) is 5.45. The van der Waals surface area contributed by atoms with Gasteiger partial charge >= 0.3 is 12.1 Å². The van der Waals surface area contributed by atoms with Crippen molar-refractivity contribution in [2.24, 2.45) is 0 Å². The van der Waals surface area contributed by atoms with E-state index in [4.69, 9.17) is 10.5 Å². The molecule has 0 unspecified atom stereocenters. The molecule has 2 aromatic rings. The molecule has 0 aromatic heterocycles. The van der Waals surface area contributed by atoms with Gasteiger partial charge in [0.25, 0.3) is 0 Å². The molecule has 0 aliphatic heterocycles. The van der Waals surface area contributed by atoms with E-state index < -0.39 is 17.7 Å². The molecule has 2 aromatic carbocycles. The number of nitrogens with two attached hydrogens (primary N) is 1. The Hall–Kier alpha value is -2.70. The van der Waals surface area contributed by atoms with Gasteiger partial charge in [-0.3, -0.25) is 0 Å². The zero-order chi connectivity index (χ0) is 20.6. The standard InChI is InChI=1S/C20H22F3NO3/c1-5-19(3,4)13-8-11(2)17(14(9-13)18(25)26)27-16-7-6-12(10-15(16)24)20(21,22)23/h6-10H,5,24H2,1-4H3,(H,25,26). The van der Waals surface area contributed by atoms with Crippen LogP contribution in [0.3, 0.4) is 0 Å². The number of ether oxygens (including phenoxy) is 1. The SMILES string of the molecule is CCC(C)(C)c1cc(C)c(Oc2ccc(C(F)(F)F)cc2N)c(C(=O)O)c1. The normalized spacial score (nSPS) is 12.1. The van der Waals surface area contributed by atoms with Crippen LogP contribution in [0.2, 0.25) is 0 Å². The van der Waals surface area contributed by atoms with Crippen molar-refractivity contribution >= 4 is 11.7 Å². The lowest BCUT2D eigenvalue weighted by Gasteiger charge is -2.25. The van der Waals surface area contributed by atoms with Crippen molar-refractivity contribution in [3.63, 3.8) is 0 Å². The minimum atomic E-state index is -4.53. The highest BCUT2D eigenvalue weighted by atomic mass is 19.4. The number of carboxylic acid groups (broad SMARTS) is 1. The number of carbonyl (C=O) groups is 1. The Bertz CT molecular complexity index is 874. The van der Waals surface area contributed by atoms with Crippen LogP contribution in [0, 0.1) is 6.92 Å². The van der Waals surface area contributed by atoms with Gasteiger partial charge in [-0.1, -0.05) is 26.8 Å².